The molecule has 0 aromatic heterocycles. The molecule has 0 saturated carbocycles. The van der Waals surface area contributed by atoms with E-state index in [-0.39, 0.29) is 5.91 Å². The summed E-state index contributed by atoms with van der Waals surface area (Å²) in [4.78, 5) is 17.4. The van der Waals surface area contributed by atoms with Crippen LogP contribution in [-0.4, -0.2) is 68.9 Å². The smallest absolute Gasteiger partial charge is 0.233 e. The van der Waals surface area contributed by atoms with Gasteiger partial charge in [-0.25, -0.2) is 0 Å². The highest BCUT2D eigenvalue weighted by Gasteiger charge is 2.19. The Balaban J connectivity index is 1.89. The third kappa shape index (κ3) is 4.28. The Morgan fingerprint density at radius 1 is 1.14 bits per heavy atom. The van der Waals surface area contributed by atoms with E-state index in [1.807, 2.05) is 23.1 Å². The topological polar surface area (TPSA) is 42.0 Å². The number of amides is 1. The van der Waals surface area contributed by atoms with Crippen LogP contribution in [0.4, 0.5) is 0 Å². The number of methoxy groups -OCH3 is 2. The average Bonchev–Trinajstić information content (AvgIpc) is 2.52. The second kappa shape index (κ2) is 7.56. The number of hydrogen-bond donors (Lipinski definition) is 0. The Labute approximate surface area is 130 Å². The van der Waals surface area contributed by atoms with Crippen molar-refractivity contribution in [2.24, 2.45) is 0 Å². The summed E-state index contributed by atoms with van der Waals surface area (Å²) in [5, 5.41) is 0. The van der Waals surface area contributed by atoms with Gasteiger partial charge >= 0.3 is 0 Å². The molecule has 1 aliphatic rings. The summed E-state index contributed by atoms with van der Waals surface area (Å²) in [6, 6.07) is 5.71. The first-order valence-corrected chi connectivity index (χ1v) is 7.93. The molecule has 0 unspecified atom stereocenters. The van der Waals surface area contributed by atoms with Crippen LogP contribution in [0.3, 0.4) is 0 Å². The molecular formula is C15H22N2O3S. The molecule has 2 rings (SSSR count). The van der Waals surface area contributed by atoms with Crippen molar-refractivity contribution in [3.63, 3.8) is 0 Å². The highest BCUT2D eigenvalue weighted by molar-refractivity contribution is 8.00. The normalized spacial score (nSPS) is 15.9. The van der Waals surface area contributed by atoms with Gasteiger partial charge in [0.15, 0.2) is 11.5 Å². The number of rotatable bonds is 5. The number of ether oxygens (including phenoxy) is 2. The van der Waals surface area contributed by atoms with Crippen molar-refractivity contribution in [3.8, 4) is 11.5 Å². The number of piperazine rings is 1. The summed E-state index contributed by atoms with van der Waals surface area (Å²) in [6.07, 6.45) is 0. The maximum Gasteiger partial charge on any atom is 0.233 e. The number of hydrogen-bond acceptors (Lipinski definition) is 5. The minimum absolute atomic E-state index is 0.197. The van der Waals surface area contributed by atoms with Crippen molar-refractivity contribution in [2.45, 2.75) is 4.90 Å². The lowest BCUT2D eigenvalue weighted by Gasteiger charge is -2.32. The maximum absolute atomic E-state index is 12.2. The van der Waals surface area contributed by atoms with Gasteiger partial charge in [0.05, 0.1) is 20.0 Å². The van der Waals surface area contributed by atoms with Crippen molar-refractivity contribution < 1.29 is 14.3 Å². The first kappa shape index (κ1) is 16.0. The molecule has 1 saturated heterocycles. The fourth-order valence-corrected chi connectivity index (χ4v) is 3.03. The molecule has 0 aliphatic carbocycles. The van der Waals surface area contributed by atoms with Gasteiger partial charge in [0.1, 0.15) is 0 Å². The summed E-state index contributed by atoms with van der Waals surface area (Å²) in [5.74, 6) is 2.05. The zero-order valence-corrected chi connectivity index (χ0v) is 13.6. The molecule has 1 aromatic rings. The minimum atomic E-state index is 0.197. The standard InChI is InChI=1S/C15H22N2O3S/c1-16-6-8-17(9-7-16)15(18)11-21-12-4-5-13(19-2)14(10-12)20-3/h4-5,10H,6-9,11H2,1-3H3. The Morgan fingerprint density at radius 2 is 1.81 bits per heavy atom. The van der Waals surface area contributed by atoms with Gasteiger partial charge in [-0.2, -0.15) is 0 Å². The van der Waals surface area contributed by atoms with E-state index in [0.29, 0.717) is 17.3 Å². The van der Waals surface area contributed by atoms with E-state index in [9.17, 15) is 4.79 Å². The molecule has 6 heteroatoms. The van der Waals surface area contributed by atoms with Gasteiger partial charge in [0, 0.05) is 31.1 Å². The molecular weight excluding hydrogens is 288 g/mol. The van der Waals surface area contributed by atoms with E-state index in [1.165, 1.54) is 11.8 Å². The van der Waals surface area contributed by atoms with Gasteiger partial charge in [-0.05, 0) is 25.2 Å². The van der Waals surface area contributed by atoms with E-state index in [4.69, 9.17) is 9.47 Å². The Kier molecular flexibility index (Phi) is 5.76. The predicted octanol–water partition coefficient (Wildman–Crippen LogP) is 1.57. The molecule has 1 fully saturated rings. The molecule has 0 radical (unpaired) electrons. The molecule has 5 nitrogen and oxygen atoms in total. The average molecular weight is 310 g/mol. The van der Waals surface area contributed by atoms with Crippen molar-refractivity contribution in [1.82, 2.24) is 9.80 Å². The van der Waals surface area contributed by atoms with Crippen LogP contribution in [0.5, 0.6) is 11.5 Å². The van der Waals surface area contributed by atoms with Gasteiger partial charge in [0.25, 0.3) is 0 Å². The lowest BCUT2D eigenvalue weighted by Crippen LogP contribution is -2.47. The van der Waals surface area contributed by atoms with E-state index >= 15 is 0 Å². The molecule has 21 heavy (non-hydrogen) atoms. The predicted molar refractivity (Wildman–Crippen MR) is 84.3 cm³/mol. The zero-order valence-electron chi connectivity index (χ0n) is 12.8. The second-order valence-electron chi connectivity index (χ2n) is 4.99. The molecule has 0 N–H and O–H groups in total. The van der Waals surface area contributed by atoms with E-state index in [0.717, 1.165) is 31.1 Å². The molecule has 0 atom stereocenters. The SMILES string of the molecule is COc1ccc(SCC(=O)N2CCN(C)CC2)cc1OC. The summed E-state index contributed by atoms with van der Waals surface area (Å²) < 4.78 is 10.5. The third-order valence-corrected chi connectivity index (χ3v) is 4.55. The molecule has 0 spiro atoms. The number of thioether (sulfide) groups is 1. The van der Waals surface area contributed by atoms with Crippen molar-refractivity contribution in [2.75, 3.05) is 53.2 Å². The monoisotopic (exact) mass is 310 g/mol. The number of carbonyl (C=O) groups is 1. The van der Waals surface area contributed by atoms with Gasteiger partial charge in [-0.1, -0.05) is 0 Å². The zero-order chi connectivity index (χ0) is 15.2. The largest absolute Gasteiger partial charge is 0.493 e. The number of nitrogens with zero attached hydrogens (tertiary/aromatic N) is 2. The van der Waals surface area contributed by atoms with Gasteiger partial charge in [-0.3, -0.25) is 4.79 Å². The molecule has 1 aliphatic heterocycles. The van der Waals surface area contributed by atoms with Gasteiger partial charge in [0.2, 0.25) is 5.91 Å². The lowest BCUT2D eigenvalue weighted by atomic mass is 10.3. The first-order valence-electron chi connectivity index (χ1n) is 6.95. The Morgan fingerprint density at radius 3 is 2.43 bits per heavy atom. The van der Waals surface area contributed by atoms with Crippen LogP contribution in [0.25, 0.3) is 0 Å². The third-order valence-electron chi connectivity index (χ3n) is 3.57. The fourth-order valence-electron chi connectivity index (χ4n) is 2.20. The van der Waals surface area contributed by atoms with Crippen molar-refractivity contribution >= 4 is 17.7 Å². The number of carbonyl (C=O) groups excluding carboxylic acids is 1. The lowest BCUT2D eigenvalue weighted by molar-refractivity contribution is -0.129. The molecule has 1 amide bonds. The highest BCUT2D eigenvalue weighted by Crippen LogP contribution is 2.31. The van der Waals surface area contributed by atoms with Crippen LogP contribution < -0.4 is 9.47 Å². The van der Waals surface area contributed by atoms with Crippen LogP contribution in [-0.2, 0) is 4.79 Å². The van der Waals surface area contributed by atoms with Gasteiger partial charge in [-0.15, -0.1) is 11.8 Å². The number of benzene rings is 1. The molecule has 116 valence electrons. The summed E-state index contributed by atoms with van der Waals surface area (Å²) >= 11 is 1.53. The molecule has 1 heterocycles. The fraction of sp³-hybridized carbons (Fsp3) is 0.533. The summed E-state index contributed by atoms with van der Waals surface area (Å²) in [6.45, 7) is 3.54. The second-order valence-corrected chi connectivity index (χ2v) is 6.04. The highest BCUT2D eigenvalue weighted by atomic mass is 32.2. The summed E-state index contributed by atoms with van der Waals surface area (Å²) in [5.41, 5.74) is 0. The molecule has 0 bridgehead atoms. The van der Waals surface area contributed by atoms with Crippen LogP contribution in [0, 0.1) is 0 Å². The quantitative estimate of drug-likeness (QED) is 0.772. The van der Waals surface area contributed by atoms with Crippen LogP contribution in [0.2, 0.25) is 0 Å². The first-order chi connectivity index (χ1) is 10.1. The van der Waals surface area contributed by atoms with E-state index in [1.54, 1.807) is 14.2 Å². The van der Waals surface area contributed by atoms with Crippen LogP contribution in [0.15, 0.2) is 23.1 Å². The van der Waals surface area contributed by atoms with Crippen LogP contribution >= 0.6 is 11.8 Å². The van der Waals surface area contributed by atoms with E-state index < -0.39 is 0 Å². The Hall–Kier alpha value is -1.40. The number of likely N-dealkylation sites (N-methyl/N-ethyl adjacent to an activating group) is 1. The van der Waals surface area contributed by atoms with E-state index in [2.05, 4.69) is 11.9 Å². The minimum Gasteiger partial charge on any atom is -0.493 e. The van der Waals surface area contributed by atoms with Crippen LogP contribution in [0.1, 0.15) is 0 Å². The maximum atomic E-state index is 12.2. The molecule has 1 aromatic carbocycles. The van der Waals surface area contributed by atoms with Gasteiger partial charge < -0.3 is 19.3 Å². The van der Waals surface area contributed by atoms with Crippen molar-refractivity contribution in [1.29, 1.82) is 0 Å². The summed E-state index contributed by atoms with van der Waals surface area (Å²) in [7, 11) is 5.31. The van der Waals surface area contributed by atoms with Crippen molar-refractivity contribution in [3.05, 3.63) is 18.2 Å². The Bertz CT molecular complexity index is 488.